The largest absolute Gasteiger partial charge is 0.478 e. The lowest BCUT2D eigenvalue weighted by Crippen LogP contribution is -1.95. The normalized spacial score (nSPS) is 9.30. The molecule has 0 radical (unpaired) electrons. The maximum Gasteiger partial charge on any atom is 0.335 e. The Bertz CT molecular complexity index is 253. The Balaban J connectivity index is 3.07. The second-order valence-corrected chi connectivity index (χ2v) is 2.17. The molecule has 0 saturated carbocycles. The SMILES string of the molecule is [114CH3]c1cccc(C(=O)O)c1. The van der Waals surface area contributed by atoms with Crippen molar-refractivity contribution < 1.29 is 9.90 Å². The Morgan fingerprint density at radius 1 is 1.50 bits per heavy atom. The van der Waals surface area contributed by atoms with Crippen molar-refractivity contribution in [3.63, 3.8) is 0 Å². The molecule has 0 spiro atoms. The van der Waals surface area contributed by atoms with E-state index in [0.29, 0.717) is 5.56 Å². The van der Waals surface area contributed by atoms with Crippen LogP contribution in [0.15, 0.2) is 24.3 Å². The van der Waals surface area contributed by atoms with Gasteiger partial charge in [-0.25, -0.2) is 4.79 Å². The number of aromatic carboxylic acids is 1. The van der Waals surface area contributed by atoms with Gasteiger partial charge in [0.25, 0.3) is 0 Å². The van der Waals surface area contributed by atoms with E-state index in [1.807, 2.05) is 13.0 Å². The number of rotatable bonds is 1. The Kier molecular flexibility index (Phi) is 1.71. The first-order valence-corrected chi connectivity index (χ1v) is 3.00. The molecule has 1 N–H and O–H groups in total. The average Bonchev–Trinajstić information content (AvgIpc) is 1.88. The van der Waals surface area contributed by atoms with Crippen molar-refractivity contribution in [3.8, 4) is 0 Å². The van der Waals surface area contributed by atoms with Crippen molar-refractivity contribution in [1.82, 2.24) is 0 Å². The van der Waals surface area contributed by atoms with Gasteiger partial charge in [-0.05, 0) is 19.1 Å². The summed E-state index contributed by atoms with van der Waals surface area (Å²) in [7, 11) is 0. The summed E-state index contributed by atoms with van der Waals surface area (Å²) < 4.78 is 0. The highest BCUT2D eigenvalue weighted by molar-refractivity contribution is 5.87. The van der Waals surface area contributed by atoms with Crippen LogP contribution >= 0.6 is 0 Å². The van der Waals surface area contributed by atoms with E-state index in [4.69, 9.17) is 5.11 Å². The van der Waals surface area contributed by atoms with Crippen molar-refractivity contribution in [2.45, 2.75) is 6.92 Å². The third-order valence-electron chi connectivity index (χ3n) is 1.27. The number of benzene rings is 1. The molecular formula is C8H8O2. The van der Waals surface area contributed by atoms with Crippen LogP contribution < -0.4 is 0 Å². The molecule has 52 valence electrons. The van der Waals surface area contributed by atoms with Crippen LogP contribution in [0.5, 0.6) is 0 Å². The topological polar surface area (TPSA) is 37.3 Å². The van der Waals surface area contributed by atoms with Crippen molar-refractivity contribution in [2.24, 2.45) is 0 Å². The Morgan fingerprint density at radius 3 is 2.60 bits per heavy atom. The number of hydrogen-bond acceptors (Lipinski definition) is 1. The minimum Gasteiger partial charge on any atom is -0.478 e. The van der Waals surface area contributed by atoms with E-state index in [1.54, 1.807) is 18.2 Å². The van der Waals surface area contributed by atoms with E-state index in [1.165, 1.54) is 0 Å². The average molecular weight is 238 g/mol. The van der Waals surface area contributed by atoms with Crippen LogP contribution in [0.3, 0.4) is 0 Å². The Labute approximate surface area is 59.1 Å². The van der Waals surface area contributed by atoms with Gasteiger partial charge in [0.1, 0.15) is 0 Å². The van der Waals surface area contributed by atoms with E-state index >= 15 is 0 Å². The fourth-order valence-corrected chi connectivity index (χ4v) is 0.778. The van der Waals surface area contributed by atoms with Crippen LogP contribution in [0.4, 0.5) is 0 Å². The van der Waals surface area contributed by atoms with Crippen LogP contribution in [0.25, 0.3) is 0 Å². The second-order valence-electron chi connectivity index (χ2n) is 2.17. The maximum absolute atomic E-state index is 10.4. The molecule has 2 nitrogen and oxygen atoms in total. The van der Waals surface area contributed by atoms with Crippen LogP contribution in [0.2, 0.25) is 0 Å². The first kappa shape index (κ1) is 6.81. The molecule has 0 aliphatic carbocycles. The monoisotopic (exact) mass is 238 g/mol. The smallest absolute Gasteiger partial charge is 0.335 e. The van der Waals surface area contributed by atoms with Gasteiger partial charge >= 0.3 is 5.97 Å². The third-order valence-corrected chi connectivity index (χ3v) is 1.27. The zero-order valence-electron chi connectivity index (χ0n) is 5.66. The summed E-state index contributed by atoms with van der Waals surface area (Å²) >= 11 is 0. The number of hydrogen-bond donors (Lipinski definition) is 1. The summed E-state index contributed by atoms with van der Waals surface area (Å²) in [6.45, 7) is 1.87. The summed E-state index contributed by atoms with van der Waals surface area (Å²) in [5.41, 5.74) is 1.32. The third kappa shape index (κ3) is 1.35. The van der Waals surface area contributed by atoms with Crippen LogP contribution in [-0.2, 0) is 0 Å². The molecule has 10 heavy (non-hydrogen) atoms. The highest BCUT2D eigenvalue weighted by Gasteiger charge is 1.99. The standard InChI is InChI=1S/C8H8O2/c1-6-3-2-4-7(5-6)8(9)10/h2-5H,1H3,(H,9,10)/i1+106. The minimum atomic E-state index is -0.872. The van der Waals surface area contributed by atoms with Gasteiger partial charge in [0.15, 0.2) is 0 Å². The predicted molar refractivity (Wildman–Crippen MR) is 38.1 cm³/mol. The molecule has 0 fully saturated rings. The van der Waals surface area contributed by atoms with E-state index in [0.717, 1.165) is 5.56 Å². The highest BCUT2D eigenvalue weighted by Crippen LogP contribution is 2.02. The van der Waals surface area contributed by atoms with Gasteiger partial charge in [-0.15, -0.1) is 0 Å². The predicted octanol–water partition coefficient (Wildman–Crippen LogP) is 1.69. The van der Waals surface area contributed by atoms with Gasteiger partial charge in [-0.2, -0.15) is 0 Å². The molecule has 1 aromatic carbocycles. The first-order valence-electron chi connectivity index (χ1n) is 3.00. The summed E-state index contributed by atoms with van der Waals surface area (Å²) in [6, 6.07) is 6.82. The van der Waals surface area contributed by atoms with Crippen molar-refractivity contribution >= 4 is 5.97 Å². The van der Waals surface area contributed by atoms with Crippen molar-refractivity contribution in [3.05, 3.63) is 35.4 Å². The van der Waals surface area contributed by atoms with Crippen LogP contribution in [-0.4, -0.2) is 11.1 Å². The quantitative estimate of drug-likeness (QED) is 0.808. The van der Waals surface area contributed by atoms with Crippen LogP contribution in [0, 0.1) is 6.92 Å². The molecule has 0 heterocycles. The number of aryl methyl sites for hydroxylation is 1. The fraction of sp³-hybridized carbons (Fsp3) is 0.125. The van der Waals surface area contributed by atoms with Crippen LogP contribution in [0.1, 0.15) is 15.9 Å². The molecule has 1 aromatic rings. The zero-order chi connectivity index (χ0) is 7.56. The number of carboxylic acid groups (broad SMARTS) is 1. The summed E-state index contributed by atoms with van der Waals surface area (Å²) in [5, 5.41) is 8.51. The molecule has 0 aliphatic heterocycles. The number of carbonyl (C=O) groups is 1. The van der Waals surface area contributed by atoms with E-state index in [2.05, 4.69) is 0 Å². The van der Waals surface area contributed by atoms with Gasteiger partial charge in [0, 0.05) is 0 Å². The Hall–Kier alpha value is -1.31. The molecule has 1 rings (SSSR count). The molecule has 0 aliphatic rings. The van der Waals surface area contributed by atoms with Gasteiger partial charge in [-0.1, -0.05) is 17.7 Å². The van der Waals surface area contributed by atoms with E-state index in [9.17, 15) is 4.79 Å². The fourth-order valence-electron chi connectivity index (χ4n) is 0.778. The van der Waals surface area contributed by atoms with Crippen molar-refractivity contribution in [2.75, 3.05) is 0 Å². The summed E-state index contributed by atoms with van der Waals surface area (Å²) in [4.78, 5) is 10.4. The Morgan fingerprint density at radius 2 is 2.20 bits per heavy atom. The van der Waals surface area contributed by atoms with Gasteiger partial charge in [0.05, 0.1) is 5.56 Å². The zero-order valence-corrected chi connectivity index (χ0v) is 5.66. The number of carboxylic acids is 1. The molecule has 0 atom stereocenters. The lowest BCUT2D eigenvalue weighted by Gasteiger charge is -1.93. The molecular weight excluding hydrogens is 230 g/mol. The van der Waals surface area contributed by atoms with Crippen molar-refractivity contribution in [1.29, 1.82) is 0 Å². The van der Waals surface area contributed by atoms with E-state index in [-0.39, 0.29) is 0 Å². The molecule has 0 saturated heterocycles. The highest BCUT2D eigenvalue weighted by atomic mass is 114. The molecule has 0 aromatic heterocycles. The second kappa shape index (κ2) is 2.52. The van der Waals surface area contributed by atoms with Gasteiger partial charge in [-0.3, -0.25) is 0 Å². The summed E-state index contributed by atoms with van der Waals surface area (Å²) in [6.07, 6.45) is 0. The first-order chi connectivity index (χ1) is 4.70. The van der Waals surface area contributed by atoms with E-state index < -0.39 is 5.97 Å². The van der Waals surface area contributed by atoms with Gasteiger partial charge in [0.2, 0.25) is 0 Å². The lowest BCUT2D eigenvalue weighted by atomic mass is 10.2. The maximum atomic E-state index is 10.4. The lowest BCUT2D eigenvalue weighted by molar-refractivity contribution is 0.0697. The molecule has 0 bridgehead atoms. The summed E-state index contributed by atoms with van der Waals surface area (Å²) in [5.74, 6) is -0.872. The molecule has 0 unspecified atom stereocenters. The molecule has 0 amide bonds. The minimum absolute atomic E-state index is 0.347. The van der Waals surface area contributed by atoms with Gasteiger partial charge < -0.3 is 5.11 Å². The molecule has 2 heteroatoms.